The Labute approximate surface area is 75.8 Å². The van der Waals surface area contributed by atoms with Gasteiger partial charge in [0, 0.05) is 16.6 Å². The maximum Gasteiger partial charge on any atom is 0.150 e. The number of rotatable bonds is 1. The van der Waals surface area contributed by atoms with Crippen LogP contribution in [0.5, 0.6) is 0 Å². The average molecular weight is 174 g/mol. The van der Waals surface area contributed by atoms with E-state index >= 15 is 0 Å². The molecule has 3 nitrogen and oxygen atoms in total. The molecule has 3 heteroatoms. The number of nitrogens with one attached hydrogen (secondary N) is 1. The lowest BCUT2D eigenvalue weighted by molar-refractivity contribution is 0.112. The van der Waals surface area contributed by atoms with E-state index in [1.807, 2.05) is 26.0 Å². The van der Waals surface area contributed by atoms with Crippen LogP contribution in [0.4, 0.5) is 0 Å². The molecule has 0 saturated heterocycles. The molecule has 0 unspecified atom stereocenters. The van der Waals surface area contributed by atoms with Crippen LogP contribution >= 0.6 is 0 Å². The Morgan fingerprint density at radius 2 is 2.15 bits per heavy atom. The number of H-pyrrole nitrogens is 1. The molecule has 0 fully saturated rings. The predicted molar refractivity (Wildman–Crippen MR) is 51.0 cm³/mol. The minimum absolute atomic E-state index is 0.707. The lowest BCUT2D eigenvalue weighted by Gasteiger charge is -1.97. The third-order valence-corrected chi connectivity index (χ3v) is 2.34. The second-order valence-corrected chi connectivity index (χ2v) is 3.14. The summed E-state index contributed by atoms with van der Waals surface area (Å²) in [4.78, 5) is 10.6. The van der Waals surface area contributed by atoms with Gasteiger partial charge in [-0.25, -0.2) is 0 Å². The molecule has 0 aliphatic carbocycles. The van der Waals surface area contributed by atoms with Crippen LogP contribution < -0.4 is 0 Å². The molecule has 0 saturated carbocycles. The van der Waals surface area contributed by atoms with Crippen LogP contribution in [0.1, 0.15) is 21.6 Å². The Kier molecular flexibility index (Phi) is 1.65. The van der Waals surface area contributed by atoms with Gasteiger partial charge in [0.1, 0.15) is 6.29 Å². The fourth-order valence-corrected chi connectivity index (χ4v) is 1.49. The van der Waals surface area contributed by atoms with Crippen molar-refractivity contribution < 1.29 is 4.79 Å². The molecule has 1 aromatic heterocycles. The Bertz CT molecular complexity index is 471. The molecule has 0 aliphatic heterocycles. The molecule has 0 spiro atoms. The fraction of sp³-hybridized carbons (Fsp3) is 0.200. The number of aromatic nitrogens is 2. The van der Waals surface area contributed by atoms with Gasteiger partial charge in [-0.15, -0.1) is 0 Å². The molecule has 66 valence electrons. The highest BCUT2D eigenvalue weighted by Gasteiger charge is 2.06. The summed E-state index contributed by atoms with van der Waals surface area (Å²) in [6.07, 6.45) is 0.860. The maximum atomic E-state index is 10.6. The summed E-state index contributed by atoms with van der Waals surface area (Å²) in [6.45, 7) is 3.88. The molecule has 1 aromatic carbocycles. The highest BCUT2D eigenvalue weighted by Crippen LogP contribution is 2.20. The Hall–Kier alpha value is -1.64. The van der Waals surface area contributed by atoms with Gasteiger partial charge in [0.05, 0.1) is 5.52 Å². The molecular weight excluding hydrogens is 164 g/mol. The van der Waals surface area contributed by atoms with Crippen LogP contribution in [0.3, 0.4) is 0 Å². The van der Waals surface area contributed by atoms with E-state index in [1.165, 1.54) is 0 Å². The summed E-state index contributed by atoms with van der Waals surface area (Å²) in [5.41, 5.74) is 3.58. The number of hydrogen-bond donors (Lipinski definition) is 1. The third-order valence-electron chi connectivity index (χ3n) is 2.34. The fourth-order valence-electron chi connectivity index (χ4n) is 1.49. The highest BCUT2D eigenvalue weighted by atomic mass is 16.1. The monoisotopic (exact) mass is 174 g/mol. The van der Waals surface area contributed by atoms with E-state index in [2.05, 4.69) is 10.2 Å². The molecular formula is C10H10N2O. The van der Waals surface area contributed by atoms with E-state index in [9.17, 15) is 4.79 Å². The Morgan fingerprint density at radius 3 is 2.85 bits per heavy atom. The van der Waals surface area contributed by atoms with E-state index in [4.69, 9.17) is 0 Å². The SMILES string of the molecule is Cc1[nH]nc2c(C)c(C=O)ccc12. The van der Waals surface area contributed by atoms with Crippen LogP contribution in [-0.2, 0) is 0 Å². The summed E-state index contributed by atoms with van der Waals surface area (Å²) in [5.74, 6) is 0. The van der Waals surface area contributed by atoms with Gasteiger partial charge < -0.3 is 0 Å². The number of carbonyl (C=O) groups is 1. The van der Waals surface area contributed by atoms with Crippen molar-refractivity contribution in [3.63, 3.8) is 0 Å². The number of carbonyl (C=O) groups excluding carboxylic acids is 1. The van der Waals surface area contributed by atoms with Crippen LogP contribution in [0.15, 0.2) is 12.1 Å². The van der Waals surface area contributed by atoms with E-state index < -0.39 is 0 Å². The zero-order valence-corrected chi connectivity index (χ0v) is 7.59. The Morgan fingerprint density at radius 1 is 1.38 bits per heavy atom. The van der Waals surface area contributed by atoms with E-state index in [0.29, 0.717) is 5.56 Å². The summed E-state index contributed by atoms with van der Waals surface area (Å²) >= 11 is 0. The van der Waals surface area contributed by atoms with Crippen molar-refractivity contribution in [3.05, 3.63) is 29.0 Å². The van der Waals surface area contributed by atoms with Gasteiger partial charge in [-0.2, -0.15) is 5.10 Å². The van der Waals surface area contributed by atoms with Crippen LogP contribution in [0, 0.1) is 13.8 Å². The lowest BCUT2D eigenvalue weighted by atomic mass is 10.1. The molecule has 0 amide bonds. The summed E-state index contributed by atoms with van der Waals surface area (Å²) < 4.78 is 0. The first-order valence-corrected chi connectivity index (χ1v) is 4.13. The number of hydrogen-bond acceptors (Lipinski definition) is 2. The van der Waals surface area contributed by atoms with E-state index in [0.717, 1.165) is 28.4 Å². The third kappa shape index (κ3) is 1.04. The summed E-state index contributed by atoms with van der Waals surface area (Å²) in [5, 5.41) is 8.13. The first kappa shape index (κ1) is 7.98. The average Bonchev–Trinajstić information content (AvgIpc) is 2.50. The van der Waals surface area contributed by atoms with Crippen molar-refractivity contribution in [2.45, 2.75) is 13.8 Å². The first-order valence-electron chi connectivity index (χ1n) is 4.13. The van der Waals surface area contributed by atoms with Gasteiger partial charge >= 0.3 is 0 Å². The molecule has 1 heterocycles. The molecule has 2 rings (SSSR count). The molecule has 0 radical (unpaired) electrons. The van der Waals surface area contributed by atoms with Crippen molar-refractivity contribution in [1.82, 2.24) is 10.2 Å². The minimum atomic E-state index is 0.707. The molecule has 0 bridgehead atoms. The van der Waals surface area contributed by atoms with Gasteiger partial charge in [-0.05, 0) is 19.4 Å². The minimum Gasteiger partial charge on any atom is -0.298 e. The highest BCUT2D eigenvalue weighted by molar-refractivity contribution is 5.91. The predicted octanol–water partition coefficient (Wildman–Crippen LogP) is 1.99. The van der Waals surface area contributed by atoms with E-state index in [1.54, 1.807) is 0 Å². The van der Waals surface area contributed by atoms with Crippen molar-refractivity contribution >= 4 is 17.2 Å². The normalized spacial score (nSPS) is 10.6. The maximum absolute atomic E-state index is 10.6. The van der Waals surface area contributed by atoms with Crippen molar-refractivity contribution in [2.24, 2.45) is 0 Å². The molecule has 0 atom stereocenters. The zero-order valence-electron chi connectivity index (χ0n) is 7.59. The van der Waals surface area contributed by atoms with Gasteiger partial charge in [0.15, 0.2) is 0 Å². The number of aldehydes is 1. The smallest absolute Gasteiger partial charge is 0.150 e. The first-order chi connectivity index (χ1) is 6.24. The van der Waals surface area contributed by atoms with Gasteiger partial charge in [-0.1, -0.05) is 12.1 Å². The van der Waals surface area contributed by atoms with Gasteiger partial charge in [-0.3, -0.25) is 9.89 Å². The number of nitrogens with zero attached hydrogens (tertiary/aromatic N) is 1. The van der Waals surface area contributed by atoms with Gasteiger partial charge in [0.25, 0.3) is 0 Å². The second-order valence-electron chi connectivity index (χ2n) is 3.14. The number of aryl methyl sites for hydroxylation is 2. The van der Waals surface area contributed by atoms with Crippen molar-refractivity contribution in [2.75, 3.05) is 0 Å². The number of benzene rings is 1. The number of fused-ring (bicyclic) bond motifs is 1. The second kappa shape index (κ2) is 2.69. The number of aromatic amines is 1. The van der Waals surface area contributed by atoms with Crippen molar-refractivity contribution in [3.8, 4) is 0 Å². The summed E-state index contributed by atoms with van der Waals surface area (Å²) in [6, 6.07) is 3.75. The van der Waals surface area contributed by atoms with Crippen LogP contribution in [-0.4, -0.2) is 16.5 Å². The standard InChI is InChI=1S/C10H10N2O/c1-6-8(5-13)3-4-9-7(2)11-12-10(6)9/h3-5H,1-2H3,(H,11,12). The largest absolute Gasteiger partial charge is 0.298 e. The Balaban J connectivity index is 2.87. The summed E-state index contributed by atoms with van der Waals surface area (Å²) in [7, 11) is 0. The quantitative estimate of drug-likeness (QED) is 0.672. The molecule has 13 heavy (non-hydrogen) atoms. The van der Waals surface area contributed by atoms with Crippen LogP contribution in [0.2, 0.25) is 0 Å². The van der Waals surface area contributed by atoms with Crippen LogP contribution in [0.25, 0.3) is 10.9 Å². The van der Waals surface area contributed by atoms with Crippen molar-refractivity contribution in [1.29, 1.82) is 0 Å². The molecule has 0 aliphatic rings. The topological polar surface area (TPSA) is 45.8 Å². The van der Waals surface area contributed by atoms with E-state index in [-0.39, 0.29) is 0 Å². The lowest BCUT2D eigenvalue weighted by Crippen LogP contribution is -1.86. The zero-order chi connectivity index (χ0) is 9.42. The molecule has 2 aromatic rings. The molecule has 1 N–H and O–H groups in total. The van der Waals surface area contributed by atoms with Gasteiger partial charge in [0.2, 0.25) is 0 Å².